The molecular weight excluding hydrogens is 621 g/mol. The lowest BCUT2D eigenvalue weighted by molar-refractivity contribution is -0.142. The molecule has 0 saturated carbocycles. The van der Waals surface area contributed by atoms with Crippen LogP contribution in [0, 0.1) is 0 Å². The maximum atomic E-state index is 12.2. The molecule has 0 amide bonds. The van der Waals surface area contributed by atoms with Crippen LogP contribution in [0.15, 0.2) is 110 Å². The Labute approximate surface area is 247 Å². The highest BCUT2D eigenvalue weighted by Gasteiger charge is 2.36. The van der Waals surface area contributed by atoms with Crippen LogP contribution in [-0.2, 0) is 18.5 Å². The van der Waals surface area contributed by atoms with Crippen LogP contribution in [0.2, 0.25) is 0 Å². The van der Waals surface area contributed by atoms with E-state index in [1.165, 1.54) is 0 Å². The largest absolute Gasteiger partial charge is 0.436 e. The minimum atomic E-state index is -4.45. The van der Waals surface area contributed by atoms with Crippen LogP contribution in [0.1, 0.15) is 17.1 Å². The SMILES string of the molecule is FC(F)(F)c1cn(-c2ccccc2)nn1.FC(F)(F)c1cn(-c2ccccc2)nn1.FC(F)(F)c1cn(-c2ccccc2)nn1. The molecule has 6 rings (SSSR count). The summed E-state index contributed by atoms with van der Waals surface area (Å²) in [6, 6.07) is 25.5. The first kappa shape index (κ1) is 32.4. The van der Waals surface area contributed by atoms with Gasteiger partial charge in [0.15, 0.2) is 17.1 Å². The third-order valence-corrected chi connectivity index (χ3v) is 5.41. The van der Waals surface area contributed by atoms with Crippen molar-refractivity contribution in [2.75, 3.05) is 0 Å². The summed E-state index contributed by atoms with van der Waals surface area (Å²) >= 11 is 0. The molecule has 6 aromatic rings. The van der Waals surface area contributed by atoms with Gasteiger partial charge in [-0.05, 0) is 36.4 Å². The van der Waals surface area contributed by atoms with Crippen LogP contribution in [0.3, 0.4) is 0 Å². The average molecular weight is 639 g/mol. The number of benzene rings is 3. The lowest BCUT2D eigenvalue weighted by Gasteiger charge is -1.99. The minimum absolute atomic E-state index is 0.542. The molecule has 3 aromatic heterocycles. The van der Waals surface area contributed by atoms with E-state index in [1.807, 2.05) is 0 Å². The molecule has 3 heterocycles. The summed E-state index contributed by atoms with van der Waals surface area (Å²) in [7, 11) is 0. The molecule has 0 bridgehead atoms. The molecule has 0 fully saturated rings. The monoisotopic (exact) mass is 639 g/mol. The van der Waals surface area contributed by atoms with E-state index in [0.717, 1.165) is 32.6 Å². The maximum Gasteiger partial charge on any atom is 0.436 e. The maximum absolute atomic E-state index is 12.2. The van der Waals surface area contributed by atoms with E-state index >= 15 is 0 Å². The molecule has 45 heavy (non-hydrogen) atoms. The zero-order valence-electron chi connectivity index (χ0n) is 22.3. The van der Waals surface area contributed by atoms with E-state index in [1.54, 1.807) is 91.0 Å². The van der Waals surface area contributed by atoms with Crippen molar-refractivity contribution in [1.29, 1.82) is 0 Å². The van der Waals surface area contributed by atoms with Gasteiger partial charge in [0.1, 0.15) is 0 Å². The van der Waals surface area contributed by atoms with Crippen LogP contribution in [-0.4, -0.2) is 45.0 Å². The second-order valence-corrected chi connectivity index (χ2v) is 8.64. The molecule has 3 aromatic carbocycles. The van der Waals surface area contributed by atoms with Crippen LogP contribution in [0.4, 0.5) is 39.5 Å². The highest BCUT2D eigenvalue weighted by atomic mass is 19.4. The Bertz CT molecular complexity index is 1550. The predicted molar refractivity (Wildman–Crippen MR) is 139 cm³/mol. The predicted octanol–water partition coefficient (Wildman–Crippen LogP) is 6.86. The summed E-state index contributed by atoms with van der Waals surface area (Å²) in [5.74, 6) is 0. The molecule has 0 unspecified atom stereocenters. The zero-order valence-corrected chi connectivity index (χ0v) is 22.3. The van der Waals surface area contributed by atoms with Crippen LogP contribution in [0.5, 0.6) is 0 Å². The van der Waals surface area contributed by atoms with Gasteiger partial charge in [-0.2, -0.15) is 39.5 Å². The molecule has 0 saturated heterocycles. The van der Waals surface area contributed by atoms with E-state index in [9.17, 15) is 39.5 Å². The summed E-state index contributed by atoms with van der Waals surface area (Å²) in [4.78, 5) is 0. The summed E-state index contributed by atoms with van der Waals surface area (Å²) in [5.41, 5.74) is -1.36. The topological polar surface area (TPSA) is 92.1 Å². The van der Waals surface area contributed by atoms with Gasteiger partial charge in [0, 0.05) is 0 Å². The van der Waals surface area contributed by atoms with Gasteiger partial charge in [-0.1, -0.05) is 70.2 Å². The number of hydrogen-bond donors (Lipinski definition) is 0. The van der Waals surface area contributed by atoms with E-state index < -0.39 is 35.6 Å². The molecule has 0 spiro atoms. The quantitative estimate of drug-likeness (QED) is 0.197. The number of hydrogen-bond acceptors (Lipinski definition) is 6. The summed E-state index contributed by atoms with van der Waals surface area (Å²) < 4.78 is 113. The first-order valence-electron chi connectivity index (χ1n) is 12.4. The van der Waals surface area contributed by atoms with Gasteiger partial charge in [0.2, 0.25) is 0 Å². The third kappa shape index (κ3) is 8.97. The van der Waals surface area contributed by atoms with Crippen LogP contribution < -0.4 is 0 Å². The molecule has 234 valence electrons. The van der Waals surface area contributed by atoms with Crippen LogP contribution in [0.25, 0.3) is 17.1 Å². The van der Waals surface area contributed by atoms with E-state index in [-0.39, 0.29) is 0 Å². The molecule has 0 aliphatic carbocycles. The standard InChI is InChI=1S/3C9H6F3N3/c3*10-9(11,12)8-6-15(14-13-8)7-4-2-1-3-5-7/h3*1-6H. The summed E-state index contributed by atoms with van der Waals surface area (Å²) in [6.45, 7) is 0. The summed E-state index contributed by atoms with van der Waals surface area (Å²) in [5, 5.41) is 19.4. The number of rotatable bonds is 3. The minimum Gasteiger partial charge on any atom is -0.220 e. The van der Waals surface area contributed by atoms with Crippen molar-refractivity contribution in [3.8, 4) is 17.1 Å². The molecular formula is C27H18F9N9. The number of para-hydroxylation sites is 3. The molecule has 0 aliphatic heterocycles. The Kier molecular flexibility index (Phi) is 9.63. The van der Waals surface area contributed by atoms with Gasteiger partial charge in [-0.25, -0.2) is 14.0 Å². The zero-order chi connectivity index (χ0) is 32.7. The van der Waals surface area contributed by atoms with Gasteiger partial charge < -0.3 is 0 Å². The van der Waals surface area contributed by atoms with Crippen molar-refractivity contribution < 1.29 is 39.5 Å². The Morgan fingerprint density at radius 2 is 0.578 bits per heavy atom. The molecule has 0 atom stereocenters. The van der Waals surface area contributed by atoms with Crippen molar-refractivity contribution >= 4 is 0 Å². The third-order valence-electron chi connectivity index (χ3n) is 5.41. The van der Waals surface area contributed by atoms with Crippen molar-refractivity contribution in [3.05, 3.63) is 127 Å². The fourth-order valence-electron chi connectivity index (χ4n) is 3.30. The van der Waals surface area contributed by atoms with Crippen molar-refractivity contribution in [1.82, 2.24) is 45.0 Å². The Morgan fingerprint density at radius 1 is 0.356 bits per heavy atom. The van der Waals surface area contributed by atoms with E-state index in [4.69, 9.17) is 0 Å². The fraction of sp³-hybridized carbons (Fsp3) is 0.111. The number of halogens is 9. The molecule has 9 nitrogen and oxygen atoms in total. The average Bonchev–Trinajstić information content (AvgIpc) is 3.80. The van der Waals surface area contributed by atoms with Crippen molar-refractivity contribution in [2.24, 2.45) is 0 Å². The fourth-order valence-corrected chi connectivity index (χ4v) is 3.30. The van der Waals surface area contributed by atoms with E-state index in [0.29, 0.717) is 17.1 Å². The Morgan fingerprint density at radius 3 is 0.756 bits per heavy atom. The van der Waals surface area contributed by atoms with Gasteiger partial charge in [0.25, 0.3) is 0 Å². The van der Waals surface area contributed by atoms with E-state index in [2.05, 4.69) is 30.9 Å². The van der Waals surface area contributed by atoms with Crippen molar-refractivity contribution in [2.45, 2.75) is 18.5 Å². The van der Waals surface area contributed by atoms with Crippen molar-refractivity contribution in [3.63, 3.8) is 0 Å². The second kappa shape index (κ2) is 13.4. The van der Waals surface area contributed by atoms with Crippen LogP contribution >= 0.6 is 0 Å². The van der Waals surface area contributed by atoms with Gasteiger partial charge in [-0.15, -0.1) is 15.3 Å². The van der Waals surface area contributed by atoms with Gasteiger partial charge in [0.05, 0.1) is 35.7 Å². The Hall–Kier alpha value is -5.55. The number of nitrogens with zero attached hydrogens (tertiary/aromatic N) is 9. The summed E-state index contributed by atoms with van der Waals surface area (Å²) in [6.07, 6.45) is -10.8. The first-order chi connectivity index (χ1) is 21.2. The van der Waals surface area contributed by atoms with Gasteiger partial charge in [-0.3, -0.25) is 0 Å². The molecule has 18 heteroatoms. The van der Waals surface area contributed by atoms with Gasteiger partial charge >= 0.3 is 18.5 Å². The number of aromatic nitrogens is 9. The number of alkyl halides is 9. The molecule has 0 aliphatic rings. The first-order valence-corrected chi connectivity index (χ1v) is 12.4. The normalized spacial score (nSPS) is 11.7. The smallest absolute Gasteiger partial charge is 0.220 e. The highest BCUT2D eigenvalue weighted by molar-refractivity contribution is 5.31. The second-order valence-electron chi connectivity index (χ2n) is 8.64. The highest BCUT2D eigenvalue weighted by Crippen LogP contribution is 2.29. The lowest BCUT2D eigenvalue weighted by Crippen LogP contribution is -2.04. The lowest BCUT2D eigenvalue weighted by atomic mass is 10.3. The Balaban J connectivity index is 0.000000154. The molecule has 0 radical (unpaired) electrons. The molecule has 0 N–H and O–H groups in total.